The average Bonchev–Trinajstić information content (AvgIpc) is 3.34. The van der Waals surface area contributed by atoms with E-state index in [1.165, 1.54) is 24.5 Å². The minimum absolute atomic E-state index is 0.0753. The van der Waals surface area contributed by atoms with Crippen molar-refractivity contribution in [1.82, 2.24) is 10.2 Å². The molecule has 1 heterocycles. The van der Waals surface area contributed by atoms with Gasteiger partial charge in [-0.2, -0.15) is 5.26 Å². The molecule has 0 saturated heterocycles. The van der Waals surface area contributed by atoms with Crippen molar-refractivity contribution in [3.8, 4) is 29.1 Å². The van der Waals surface area contributed by atoms with Crippen LogP contribution in [0.3, 0.4) is 0 Å². The van der Waals surface area contributed by atoms with E-state index >= 15 is 0 Å². The van der Waals surface area contributed by atoms with Gasteiger partial charge in [-0.05, 0) is 35.9 Å². The van der Waals surface area contributed by atoms with E-state index in [9.17, 15) is 10.1 Å². The van der Waals surface area contributed by atoms with Gasteiger partial charge < -0.3 is 18.9 Å². The van der Waals surface area contributed by atoms with Crippen LogP contribution in [0, 0.1) is 11.3 Å². The highest BCUT2D eigenvalue weighted by molar-refractivity contribution is 7.15. The maximum atomic E-state index is 12.5. The number of nitrogens with zero attached hydrogens (tertiary/aromatic N) is 3. The Morgan fingerprint density at radius 2 is 1.83 bits per heavy atom. The summed E-state index contributed by atoms with van der Waals surface area (Å²) in [4.78, 5) is 12.5. The van der Waals surface area contributed by atoms with Gasteiger partial charge in [-0.25, -0.2) is 0 Å². The molecule has 2 aromatic carbocycles. The quantitative estimate of drug-likeness (QED) is 0.232. The Kier molecular flexibility index (Phi) is 9.03. The fourth-order valence-corrected chi connectivity index (χ4v) is 3.63. The second-order valence-corrected chi connectivity index (χ2v) is 8.52. The summed E-state index contributed by atoms with van der Waals surface area (Å²) in [6.07, 6.45) is 1.47. The van der Waals surface area contributed by atoms with Crippen molar-refractivity contribution in [2.24, 2.45) is 0 Å². The van der Waals surface area contributed by atoms with Crippen LogP contribution in [-0.2, 0) is 4.79 Å². The number of rotatable bonds is 11. The van der Waals surface area contributed by atoms with Crippen molar-refractivity contribution in [3.05, 3.63) is 58.6 Å². The van der Waals surface area contributed by atoms with E-state index in [-0.39, 0.29) is 18.1 Å². The van der Waals surface area contributed by atoms with Crippen LogP contribution in [-0.4, -0.2) is 43.5 Å². The normalized spacial score (nSPS) is 11.0. The second kappa shape index (κ2) is 12.4. The first-order chi connectivity index (χ1) is 16.9. The summed E-state index contributed by atoms with van der Waals surface area (Å²) in [7, 11) is 3.11. The van der Waals surface area contributed by atoms with Crippen molar-refractivity contribution >= 4 is 28.5 Å². The van der Waals surface area contributed by atoms with Crippen LogP contribution in [0.2, 0.25) is 0 Å². The Balaban J connectivity index is 1.62. The first kappa shape index (κ1) is 25.5. The lowest BCUT2D eigenvalue weighted by Crippen LogP contribution is -2.13. The molecule has 1 N–H and O–H groups in total. The zero-order valence-corrected chi connectivity index (χ0v) is 20.7. The Labute approximate surface area is 207 Å². The van der Waals surface area contributed by atoms with Crippen LogP contribution in [0.15, 0.2) is 48.0 Å². The van der Waals surface area contributed by atoms with Gasteiger partial charge in [0.1, 0.15) is 41.4 Å². The summed E-state index contributed by atoms with van der Waals surface area (Å²) in [6.45, 7) is 4.58. The molecule has 0 spiro atoms. The SMILES string of the molecule is COc1cccc(OCCOc2ccc(/C=C(/C#N)C(=O)Nc3nnc(C(C)C)s3)cc2OC)c1. The van der Waals surface area contributed by atoms with Crippen LogP contribution < -0.4 is 24.3 Å². The van der Waals surface area contributed by atoms with Crippen molar-refractivity contribution < 1.29 is 23.7 Å². The number of hydrogen-bond acceptors (Lipinski definition) is 9. The fraction of sp³-hybridized carbons (Fsp3) is 0.280. The molecule has 0 aliphatic rings. The molecule has 1 amide bonds. The molecule has 0 saturated carbocycles. The van der Waals surface area contributed by atoms with Crippen molar-refractivity contribution in [2.75, 3.05) is 32.8 Å². The highest BCUT2D eigenvalue weighted by atomic mass is 32.1. The third kappa shape index (κ3) is 7.19. The first-order valence-electron chi connectivity index (χ1n) is 10.8. The smallest absolute Gasteiger partial charge is 0.268 e. The van der Waals surface area contributed by atoms with E-state index in [4.69, 9.17) is 18.9 Å². The van der Waals surface area contributed by atoms with E-state index in [1.807, 2.05) is 38.1 Å². The van der Waals surface area contributed by atoms with Crippen LogP contribution in [0.5, 0.6) is 23.0 Å². The predicted molar refractivity (Wildman–Crippen MR) is 133 cm³/mol. The van der Waals surface area contributed by atoms with Gasteiger partial charge in [-0.3, -0.25) is 10.1 Å². The molecule has 3 aromatic rings. The Morgan fingerprint density at radius 3 is 2.51 bits per heavy atom. The lowest BCUT2D eigenvalue weighted by atomic mass is 10.1. The number of carbonyl (C=O) groups excluding carboxylic acids is 1. The lowest BCUT2D eigenvalue weighted by Gasteiger charge is -2.12. The summed E-state index contributed by atoms with van der Waals surface area (Å²) < 4.78 is 22.1. The maximum absolute atomic E-state index is 12.5. The zero-order valence-electron chi connectivity index (χ0n) is 19.9. The number of carbonyl (C=O) groups is 1. The molecule has 0 bridgehead atoms. The Morgan fingerprint density at radius 1 is 1.06 bits per heavy atom. The molecule has 10 heteroatoms. The zero-order chi connectivity index (χ0) is 25.2. The standard InChI is InChI=1S/C25H26N4O5S/c1-16(2)24-28-29-25(35-24)27-23(30)18(15-26)12-17-8-9-21(22(13-17)32-4)34-11-10-33-20-7-5-6-19(14-20)31-3/h5-9,12-14,16H,10-11H2,1-4H3,(H,27,29,30)/b18-12-. The minimum Gasteiger partial charge on any atom is -0.497 e. The summed E-state index contributed by atoms with van der Waals surface area (Å²) in [5, 5.41) is 21.2. The van der Waals surface area contributed by atoms with E-state index < -0.39 is 5.91 Å². The van der Waals surface area contributed by atoms with Gasteiger partial charge in [0.25, 0.3) is 5.91 Å². The van der Waals surface area contributed by atoms with Crippen LogP contribution in [0.25, 0.3) is 6.08 Å². The van der Waals surface area contributed by atoms with Crippen LogP contribution in [0.1, 0.15) is 30.3 Å². The van der Waals surface area contributed by atoms with Gasteiger partial charge in [0.2, 0.25) is 5.13 Å². The first-order valence-corrected chi connectivity index (χ1v) is 11.6. The molecule has 3 rings (SSSR count). The molecular formula is C25H26N4O5S. The van der Waals surface area contributed by atoms with Crippen molar-refractivity contribution in [2.45, 2.75) is 19.8 Å². The molecule has 0 unspecified atom stereocenters. The fourth-order valence-electron chi connectivity index (χ4n) is 2.89. The average molecular weight is 495 g/mol. The third-order valence-corrected chi connectivity index (χ3v) is 5.81. The lowest BCUT2D eigenvalue weighted by molar-refractivity contribution is -0.112. The van der Waals surface area contributed by atoms with Gasteiger partial charge in [0.15, 0.2) is 11.5 Å². The molecule has 0 atom stereocenters. The summed E-state index contributed by atoms with van der Waals surface area (Å²) >= 11 is 1.28. The van der Waals surface area contributed by atoms with E-state index in [1.54, 1.807) is 31.4 Å². The van der Waals surface area contributed by atoms with E-state index in [2.05, 4.69) is 15.5 Å². The number of aromatic nitrogens is 2. The molecule has 0 aliphatic carbocycles. The molecule has 0 fully saturated rings. The number of benzene rings is 2. The van der Waals surface area contributed by atoms with Gasteiger partial charge >= 0.3 is 0 Å². The largest absolute Gasteiger partial charge is 0.497 e. The highest BCUT2D eigenvalue weighted by Gasteiger charge is 2.15. The van der Waals surface area contributed by atoms with Crippen molar-refractivity contribution in [1.29, 1.82) is 5.26 Å². The number of hydrogen-bond donors (Lipinski definition) is 1. The number of anilines is 1. The van der Waals surface area contributed by atoms with Gasteiger partial charge in [-0.15, -0.1) is 10.2 Å². The molecule has 1 aromatic heterocycles. The molecule has 9 nitrogen and oxygen atoms in total. The number of methoxy groups -OCH3 is 2. The maximum Gasteiger partial charge on any atom is 0.268 e. The predicted octanol–water partition coefficient (Wildman–Crippen LogP) is 4.68. The number of amides is 1. The number of ether oxygens (including phenoxy) is 4. The van der Waals surface area contributed by atoms with Crippen molar-refractivity contribution in [3.63, 3.8) is 0 Å². The second-order valence-electron chi connectivity index (χ2n) is 7.51. The Bertz CT molecular complexity index is 1230. The summed E-state index contributed by atoms with van der Waals surface area (Å²) in [6, 6.07) is 14.4. The monoisotopic (exact) mass is 494 g/mol. The van der Waals surface area contributed by atoms with Gasteiger partial charge in [0, 0.05) is 12.0 Å². The molecule has 0 radical (unpaired) electrons. The third-order valence-electron chi connectivity index (χ3n) is 4.67. The number of nitriles is 1. The minimum atomic E-state index is -0.562. The summed E-state index contributed by atoms with van der Waals surface area (Å²) in [5.74, 6) is 2.00. The Hall–Kier alpha value is -4.10. The molecule has 0 aliphatic heterocycles. The van der Waals surface area contributed by atoms with E-state index in [0.29, 0.717) is 40.3 Å². The molecule has 35 heavy (non-hydrogen) atoms. The van der Waals surface area contributed by atoms with Crippen LogP contribution >= 0.6 is 11.3 Å². The number of nitrogens with one attached hydrogen (secondary N) is 1. The van der Waals surface area contributed by atoms with Crippen LogP contribution in [0.4, 0.5) is 5.13 Å². The molecular weight excluding hydrogens is 468 g/mol. The summed E-state index contributed by atoms with van der Waals surface area (Å²) in [5.41, 5.74) is 0.530. The topological polar surface area (TPSA) is 116 Å². The molecule has 182 valence electrons. The van der Waals surface area contributed by atoms with Gasteiger partial charge in [0.05, 0.1) is 14.2 Å². The van der Waals surface area contributed by atoms with E-state index in [0.717, 1.165) is 5.01 Å². The van der Waals surface area contributed by atoms with Gasteiger partial charge in [-0.1, -0.05) is 37.3 Å². The highest BCUT2D eigenvalue weighted by Crippen LogP contribution is 2.29.